The molecule has 0 amide bonds. The Labute approximate surface area is 242 Å². The maximum atomic E-state index is 12.6. The molecule has 2 heterocycles. The molecule has 4 N–H and O–H groups in total. The van der Waals surface area contributed by atoms with Gasteiger partial charge in [-0.3, -0.25) is 4.99 Å². The molecule has 41 heavy (non-hydrogen) atoms. The molecule has 2 aliphatic heterocycles. The van der Waals surface area contributed by atoms with E-state index in [1.165, 1.54) is 0 Å². The molecule has 4 saturated carbocycles. The summed E-state index contributed by atoms with van der Waals surface area (Å²) < 4.78 is 17.4. The molecule has 0 unspecified atom stereocenters. The summed E-state index contributed by atoms with van der Waals surface area (Å²) >= 11 is 0. The summed E-state index contributed by atoms with van der Waals surface area (Å²) in [6, 6.07) is 0. The van der Waals surface area contributed by atoms with Crippen LogP contribution in [-0.2, 0) is 19.0 Å². The molecule has 6 rings (SSSR count). The van der Waals surface area contributed by atoms with Crippen LogP contribution in [0.5, 0.6) is 0 Å². The molecule has 0 aromatic heterocycles. The lowest BCUT2D eigenvalue weighted by Crippen LogP contribution is -2.69. The zero-order valence-corrected chi connectivity index (χ0v) is 24.4. The third-order valence-corrected chi connectivity index (χ3v) is 12.2. The average molecular weight is 574 g/mol. The van der Waals surface area contributed by atoms with Crippen LogP contribution in [0.3, 0.4) is 0 Å². The van der Waals surface area contributed by atoms with Crippen molar-refractivity contribution in [3.8, 4) is 0 Å². The lowest BCUT2D eigenvalue weighted by Gasteiger charge is -2.66. The Bertz CT molecular complexity index is 1100. The highest BCUT2D eigenvalue weighted by atomic mass is 16.7. The van der Waals surface area contributed by atoms with Gasteiger partial charge in [-0.2, -0.15) is 0 Å². The van der Waals surface area contributed by atoms with Crippen molar-refractivity contribution in [1.29, 1.82) is 0 Å². The van der Waals surface area contributed by atoms with E-state index >= 15 is 0 Å². The molecule has 5 fully saturated rings. The van der Waals surface area contributed by atoms with Gasteiger partial charge in [-0.15, -0.1) is 6.58 Å². The first-order valence-electron chi connectivity index (χ1n) is 15.6. The van der Waals surface area contributed by atoms with Crippen LogP contribution in [0, 0.1) is 28.6 Å². The van der Waals surface area contributed by atoms with Crippen LogP contribution in [0.25, 0.3) is 0 Å². The molecular weight excluding hydrogens is 526 g/mol. The third-order valence-electron chi connectivity index (χ3n) is 12.2. The second kappa shape index (κ2) is 10.5. The molecule has 0 radical (unpaired) electrons. The van der Waals surface area contributed by atoms with Crippen LogP contribution in [-0.4, -0.2) is 87.7 Å². The molecule has 0 bridgehead atoms. The largest absolute Gasteiger partial charge is 0.458 e. The predicted molar refractivity (Wildman–Crippen MR) is 151 cm³/mol. The van der Waals surface area contributed by atoms with Crippen LogP contribution in [0.1, 0.15) is 78.1 Å². The minimum atomic E-state index is -1.06. The zero-order chi connectivity index (χ0) is 29.2. The van der Waals surface area contributed by atoms with Crippen molar-refractivity contribution in [2.75, 3.05) is 13.2 Å². The van der Waals surface area contributed by atoms with Gasteiger partial charge in [0, 0.05) is 36.0 Å². The number of rotatable bonds is 6. The fourth-order valence-electron chi connectivity index (χ4n) is 10.1. The summed E-state index contributed by atoms with van der Waals surface area (Å²) in [5.41, 5.74) is -1.91. The van der Waals surface area contributed by atoms with E-state index in [1.807, 2.05) is 6.21 Å². The van der Waals surface area contributed by atoms with Crippen molar-refractivity contribution in [3.63, 3.8) is 0 Å². The first kappa shape index (κ1) is 29.5. The zero-order valence-electron chi connectivity index (χ0n) is 24.4. The molecule has 12 atom stereocenters. The number of fused-ring (bicyclic) bond motifs is 5. The molecular formula is C32H47NO8. The fourth-order valence-corrected chi connectivity index (χ4v) is 10.1. The summed E-state index contributed by atoms with van der Waals surface area (Å²) in [4.78, 5) is 16.6. The Kier molecular flexibility index (Phi) is 7.56. The topological polar surface area (TPSA) is 138 Å². The average Bonchev–Trinajstić information content (AvgIpc) is 3.47. The van der Waals surface area contributed by atoms with Crippen molar-refractivity contribution in [1.82, 2.24) is 0 Å². The highest BCUT2D eigenvalue weighted by molar-refractivity contribution is 5.85. The number of aliphatic hydroxyl groups is 4. The van der Waals surface area contributed by atoms with E-state index in [9.17, 15) is 25.2 Å². The number of carbonyl (C=O) groups excluding carboxylic acids is 1. The van der Waals surface area contributed by atoms with Crippen LogP contribution >= 0.6 is 0 Å². The van der Waals surface area contributed by atoms with E-state index in [4.69, 9.17) is 19.2 Å². The Hall–Kier alpha value is -1.62. The number of aliphatic imine (C=N–C) groups is 1. The molecule has 228 valence electrons. The van der Waals surface area contributed by atoms with Crippen molar-refractivity contribution < 1.29 is 39.4 Å². The van der Waals surface area contributed by atoms with Gasteiger partial charge in [0.25, 0.3) is 0 Å². The molecule has 6 aliphatic rings. The molecule has 9 nitrogen and oxygen atoms in total. The Morgan fingerprint density at radius 3 is 2.61 bits per heavy atom. The number of hydrogen-bond acceptors (Lipinski definition) is 9. The number of cyclic esters (lactones) is 1. The number of aliphatic hydroxyl groups excluding tert-OH is 2. The Morgan fingerprint density at radius 2 is 1.90 bits per heavy atom. The summed E-state index contributed by atoms with van der Waals surface area (Å²) in [6.45, 7) is 8.54. The van der Waals surface area contributed by atoms with E-state index in [-0.39, 0.29) is 41.7 Å². The fraction of sp³-hybridized carbons (Fsp3) is 0.812. The van der Waals surface area contributed by atoms with Gasteiger partial charge in [0.15, 0.2) is 6.29 Å². The SMILES string of the molecule is C=CCN=C[C@]12CC[C@@H](O[C@H]3C[C@@H](O)[C@H](O)[C@@H](C)O3)C[C@@]1(O)CC[C@@H]1[C@@H]2CC[C@]2(C)[C@@H](C3=CC(=O)OC3)CC[C@@]12O. The molecule has 9 heteroatoms. The molecule has 0 aromatic carbocycles. The van der Waals surface area contributed by atoms with E-state index in [2.05, 4.69) is 13.5 Å². The van der Waals surface area contributed by atoms with E-state index in [0.717, 1.165) is 24.8 Å². The van der Waals surface area contributed by atoms with Gasteiger partial charge in [-0.25, -0.2) is 4.79 Å². The molecule has 1 saturated heterocycles. The van der Waals surface area contributed by atoms with Crippen molar-refractivity contribution in [3.05, 3.63) is 24.3 Å². The van der Waals surface area contributed by atoms with Gasteiger partial charge in [0.2, 0.25) is 0 Å². The highest BCUT2D eigenvalue weighted by Gasteiger charge is 2.71. The summed E-state index contributed by atoms with van der Waals surface area (Å²) in [7, 11) is 0. The first-order valence-corrected chi connectivity index (χ1v) is 15.6. The third kappa shape index (κ3) is 4.49. The number of hydrogen-bond donors (Lipinski definition) is 4. The van der Waals surface area contributed by atoms with E-state index in [0.29, 0.717) is 51.7 Å². The van der Waals surface area contributed by atoms with E-state index < -0.39 is 41.2 Å². The Balaban J connectivity index is 1.26. The monoisotopic (exact) mass is 573 g/mol. The lowest BCUT2D eigenvalue weighted by molar-refractivity contribution is -0.282. The molecule has 0 aromatic rings. The van der Waals surface area contributed by atoms with Gasteiger partial charge >= 0.3 is 5.97 Å². The molecule has 4 aliphatic carbocycles. The number of nitrogens with zero attached hydrogens (tertiary/aromatic N) is 1. The highest BCUT2D eigenvalue weighted by Crippen LogP contribution is 2.70. The second-order valence-electron chi connectivity index (χ2n) is 14.0. The minimum Gasteiger partial charge on any atom is -0.458 e. The Morgan fingerprint density at radius 1 is 1.12 bits per heavy atom. The number of ether oxygens (including phenoxy) is 3. The van der Waals surface area contributed by atoms with Crippen molar-refractivity contribution >= 4 is 12.2 Å². The second-order valence-corrected chi connectivity index (χ2v) is 14.0. The predicted octanol–water partition coefficient (Wildman–Crippen LogP) is 2.84. The normalized spacial score (nSPS) is 51.5. The lowest BCUT2D eigenvalue weighted by atomic mass is 9.41. The summed E-state index contributed by atoms with van der Waals surface area (Å²) in [6.07, 6.45) is 8.52. The minimum absolute atomic E-state index is 0.0111. The number of esters is 1. The van der Waals surface area contributed by atoms with Crippen LogP contribution in [0.2, 0.25) is 0 Å². The standard InChI is InChI=1S/C32H47NO8/c1-4-13-33-18-30-10-5-21(41-27-15-25(34)28(36)19(2)40-27)16-31(30,37)11-7-24-23(30)6-9-29(3)22(8-12-32(24,29)38)20-14-26(35)39-17-20/h4,14,18-19,21-25,27-28,34,36-38H,1,5-13,15-17H2,2-3H3/t19-,21-,22-,23+,24-,25-,27+,28-,29-,30+,31+,32-/m1/s1. The summed E-state index contributed by atoms with van der Waals surface area (Å²) in [5.74, 6) is -0.101. The van der Waals surface area contributed by atoms with Gasteiger partial charge in [-0.05, 0) is 81.6 Å². The van der Waals surface area contributed by atoms with Crippen LogP contribution in [0.15, 0.2) is 29.3 Å². The van der Waals surface area contributed by atoms with Crippen LogP contribution in [0.4, 0.5) is 0 Å². The van der Waals surface area contributed by atoms with Gasteiger partial charge in [-0.1, -0.05) is 13.0 Å². The quantitative estimate of drug-likeness (QED) is 0.165. The molecule has 0 spiro atoms. The maximum Gasteiger partial charge on any atom is 0.331 e. The van der Waals surface area contributed by atoms with Crippen molar-refractivity contribution in [2.24, 2.45) is 33.6 Å². The van der Waals surface area contributed by atoms with Crippen molar-refractivity contribution in [2.45, 2.75) is 120 Å². The smallest absolute Gasteiger partial charge is 0.331 e. The van der Waals surface area contributed by atoms with Gasteiger partial charge < -0.3 is 34.6 Å². The number of carbonyl (C=O) groups is 1. The first-order chi connectivity index (χ1) is 19.5. The maximum absolute atomic E-state index is 12.6. The van der Waals surface area contributed by atoms with Gasteiger partial charge in [0.05, 0.1) is 36.1 Å². The van der Waals surface area contributed by atoms with Gasteiger partial charge in [0.1, 0.15) is 12.7 Å². The summed E-state index contributed by atoms with van der Waals surface area (Å²) in [5, 5.41) is 45.4. The van der Waals surface area contributed by atoms with Crippen LogP contribution < -0.4 is 0 Å². The van der Waals surface area contributed by atoms with E-state index in [1.54, 1.807) is 19.1 Å².